The van der Waals surface area contributed by atoms with Crippen LogP contribution in [0.15, 0.2) is 36.4 Å². The predicted molar refractivity (Wildman–Crippen MR) is 62.6 cm³/mol. The molecular formula is C15H17. The lowest BCUT2D eigenvalue weighted by Crippen LogP contribution is -2.20. The Bertz CT molecular complexity index is 376. The summed E-state index contributed by atoms with van der Waals surface area (Å²) in [5.41, 5.74) is 1.84. The number of fused-ring (bicyclic) bond motifs is 2. The van der Waals surface area contributed by atoms with Gasteiger partial charge in [0.05, 0.1) is 0 Å². The van der Waals surface area contributed by atoms with Gasteiger partial charge in [-0.3, -0.25) is 0 Å². The first kappa shape index (κ1) is 9.21. The van der Waals surface area contributed by atoms with Crippen LogP contribution < -0.4 is 0 Å². The maximum atomic E-state index is 3.39. The molecule has 0 aromatic heterocycles. The van der Waals surface area contributed by atoms with E-state index in [4.69, 9.17) is 0 Å². The minimum Gasteiger partial charge on any atom is -0.0848 e. The quantitative estimate of drug-likeness (QED) is 0.630. The number of benzene rings is 1. The van der Waals surface area contributed by atoms with Crippen LogP contribution in [0.5, 0.6) is 0 Å². The van der Waals surface area contributed by atoms with Crippen molar-refractivity contribution >= 4 is 0 Å². The second kappa shape index (κ2) is 3.23. The van der Waals surface area contributed by atoms with Crippen LogP contribution in [0.1, 0.15) is 37.7 Å². The van der Waals surface area contributed by atoms with E-state index in [-0.39, 0.29) is 0 Å². The zero-order valence-corrected chi connectivity index (χ0v) is 9.24. The van der Waals surface area contributed by atoms with Crippen molar-refractivity contribution in [3.8, 4) is 0 Å². The fraction of sp³-hybridized carbons (Fsp3) is 0.467. The van der Waals surface area contributed by atoms with E-state index in [2.05, 4.69) is 43.3 Å². The molecule has 1 aromatic rings. The van der Waals surface area contributed by atoms with Crippen molar-refractivity contribution in [3.63, 3.8) is 0 Å². The highest BCUT2D eigenvalue weighted by molar-refractivity contribution is 5.27. The van der Waals surface area contributed by atoms with Gasteiger partial charge in [0.25, 0.3) is 0 Å². The van der Waals surface area contributed by atoms with Gasteiger partial charge in [0.1, 0.15) is 0 Å². The molecule has 0 nitrogen and oxygen atoms in total. The highest BCUT2D eigenvalue weighted by Crippen LogP contribution is 2.56. The summed E-state index contributed by atoms with van der Waals surface area (Å²) in [5, 5.41) is 0. The first-order chi connectivity index (χ1) is 7.30. The molecule has 0 heterocycles. The van der Waals surface area contributed by atoms with Crippen LogP contribution in [0.2, 0.25) is 0 Å². The van der Waals surface area contributed by atoms with E-state index in [1.165, 1.54) is 24.8 Å². The fourth-order valence-corrected chi connectivity index (χ4v) is 3.31. The summed E-state index contributed by atoms with van der Waals surface area (Å²) >= 11 is 0. The van der Waals surface area contributed by atoms with Gasteiger partial charge in [0.15, 0.2) is 0 Å². The minimum absolute atomic E-state index is 0.461. The zero-order chi connectivity index (χ0) is 10.3. The molecule has 2 bridgehead atoms. The molecule has 0 saturated heterocycles. The molecule has 2 aliphatic rings. The Morgan fingerprint density at radius 1 is 1.47 bits per heavy atom. The summed E-state index contributed by atoms with van der Waals surface area (Å²) in [6.07, 6.45) is 9.05. The van der Waals surface area contributed by atoms with Crippen LogP contribution in [0.25, 0.3) is 0 Å². The van der Waals surface area contributed by atoms with Gasteiger partial charge >= 0.3 is 0 Å². The van der Waals surface area contributed by atoms with E-state index in [0.29, 0.717) is 11.3 Å². The summed E-state index contributed by atoms with van der Waals surface area (Å²) in [4.78, 5) is 0. The zero-order valence-electron chi connectivity index (χ0n) is 9.24. The topological polar surface area (TPSA) is 0 Å². The van der Waals surface area contributed by atoms with Crippen molar-refractivity contribution in [2.24, 2.45) is 11.3 Å². The molecule has 0 spiro atoms. The van der Waals surface area contributed by atoms with Crippen LogP contribution in [0, 0.1) is 17.4 Å². The third-order valence-corrected chi connectivity index (χ3v) is 4.39. The van der Waals surface area contributed by atoms with Crippen molar-refractivity contribution in [3.05, 3.63) is 48.0 Å². The molecule has 1 fully saturated rings. The van der Waals surface area contributed by atoms with Gasteiger partial charge < -0.3 is 0 Å². The maximum Gasteiger partial charge on any atom is -0.00461 e. The Morgan fingerprint density at radius 3 is 2.93 bits per heavy atom. The van der Waals surface area contributed by atoms with Crippen molar-refractivity contribution < 1.29 is 0 Å². The minimum atomic E-state index is 0.461. The molecule has 0 amide bonds. The lowest BCUT2D eigenvalue weighted by atomic mass is 9.73. The second-order valence-electron chi connectivity index (χ2n) is 5.13. The molecule has 1 radical (unpaired) electrons. The smallest absolute Gasteiger partial charge is 0.00461 e. The van der Waals surface area contributed by atoms with Gasteiger partial charge in [-0.1, -0.05) is 43.3 Å². The number of rotatable bonds is 2. The first-order valence-corrected chi connectivity index (χ1v) is 5.96. The van der Waals surface area contributed by atoms with Crippen molar-refractivity contribution in [1.82, 2.24) is 0 Å². The molecule has 0 aliphatic heterocycles. The molecular weight excluding hydrogens is 180 g/mol. The average molecular weight is 197 g/mol. The Hall–Kier alpha value is -1.04. The van der Waals surface area contributed by atoms with E-state index in [0.717, 1.165) is 5.92 Å². The van der Waals surface area contributed by atoms with Gasteiger partial charge in [-0.2, -0.15) is 0 Å². The summed E-state index contributed by atoms with van der Waals surface area (Å²) in [5.74, 6) is 1.50. The third-order valence-electron chi connectivity index (χ3n) is 4.39. The van der Waals surface area contributed by atoms with E-state index < -0.39 is 0 Å². The molecule has 1 aromatic carbocycles. The number of hydrogen-bond acceptors (Lipinski definition) is 0. The van der Waals surface area contributed by atoms with Crippen molar-refractivity contribution in [2.45, 2.75) is 32.1 Å². The molecule has 0 N–H and O–H groups in total. The molecule has 15 heavy (non-hydrogen) atoms. The summed E-state index contributed by atoms with van der Waals surface area (Å²) in [7, 11) is 0. The first-order valence-electron chi connectivity index (χ1n) is 5.96. The van der Waals surface area contributed by atoms with Crippen LogP contribution in [0.3, 0.4) is 0 Å². The molecule has 77 valence electrons. The SMILES string of the molecule is CC(c1[c]cccc1)C12C=CC(CC1)C2. The molecule has 3 unspecified atom stereocenters. The highest BCUT2D eigenvalue weighted by atomic mass is 14.5. The highest BCUT2D eigenvalue weighted by Gasteiger charge is 2.44. The Morgan fingerprint density at radius 2 is 2.40 bits per heavy atom. The molecule has 3 rings (SSSR count). The summed E-state index contributed by atoms with van der Waals surface area (Å²) in [6, 6.07) is 11.8. The van der Waals surface area contributed by atoms with Gasteiger partial charge in [-0.15, -0.1) is 0 Å². The van der Waals surface area contributed by atoms with Gasteiger partial charge in [0.2, 0.25) is 0 Å². The Kier molecular flexibility index (Phi) is 1.98. The number of allylic oxidation sites excluding steroid dienone is 2. The van der Waals surface area contributed by atoms with E-state index in [1.807, 2.05) is 6.07 Å². The van der Waals surface area contributed by atoms with E-state index >= 15 is 0 Å². The lowest BCUT2D eigenvalue weighted by Gasteiger charge is -2.31. The van der Waals surface area contributed by atoms with E-state index in [1.54, 1.807) is 0 Å². The third kappa shape index (κ3) is 1.35. The normalized spacial score (nSPS) is 34.6. The lowest BCUT2D eigenvalue weighted by molar-refractivity contribution is 0.333. The van der Waals surface area contributed by atoms with Gasteiger partial charge in [-0.05, 0) is 48.1 Å². The van der Waals surface area contributed by atoms with E-state index in [9.17, 15) is 0 Å². The largest absolute Gasteiger partial charge is 0.0848 e. The van der Waals surface area contributed by atoms with Gasteiger partial charge in [0, 0.05) is 0 Å². The van der Waals surface area contributed by atoms with Gasteiger partial charge in [-0.25, -0.2) is 0 Å². The van der Waals surface area contributed by atoms with Crippen molar-refractivity contribution in [2.75, 3.05) is 0 Å². The molecule has 1 saturated carbocycles. The second-order valence-corrected chi connectivity index (χ2v) is 5.13. The Labute approximate surface area is 92.0 Å². The van der Waals surface area contributed by atoms with Crippen LogP contribution in [-0.4, -0.2) is 0 Å². The standard InChI is InChI=1S/C15H17/c1-12(14-5-3-2-4-6-14)15-9-7-13(11-15)8-10-15/h2-5,7,9,12-13H,8,10-11H2,1H3. The predicted octanol–water partition coefficient (Wildman–Crippen LogP) is 3.95. The van der Waals surface area contributed by atoms with Crippen LogP contribution in [-0.2, 0) is 0 Å². The maximum absolute atomic E-state index is 3.39. The average Bonchev–Trinajstić information content (AvgIpc) is 2.90. The molecule has 3 atom stereocenters. The molecule has 0 heteroatoms. The Balaban J connectivity index is 1.92. The molecule has 2 aliphatic carbocycles. The summed E-state index contributed by atoms with van der Waals surface area (Å²) in [6.45, 7) is 2.36. The van der Waals surface area contributed by atoms with Crippen LogP contribution in [0.4, 0.5) is 0 Å². The van der Waals surface area contributed by atoms with Crippen LogP contribution >= 0.6 is 0 Å². The van der Waals surface area contributed by atoms with Crippen molar-refractivity contribution in [1.29, 1.82) is 0 Å². The monoisotopic (exact) mass is 197 g/mol. The summed E-state index contributed by atoms with van der Waals surface area (Å²) < 4.78 is 0. The fourth-order valence-electron chi connectivity index (χ4n) is 3.31. The number of hydrogen-bond donors (Lipinski definition) is 0.